The van der Waals surface area contributed by atoms with Crippen LogP contribution in [-0.2, 0) is 9.57 Å². The van der Waals surface area contributed by atoms with Gasteiger partial charge >= 0.3 is 18.1 Å². The van der Waals surface area contributed by atoms with Gasteiger partial charge in [0.05, 0.1) is 23.5 Å². The fourth-order valence-electron chi connectivity index (χ4n) is 1.62. The summed E-state index contributed by atoms with van der Waals surface area (Å²) < 4.78 is 56.3. The molecule has 0 amide bonds. The van der Waals surface area contributed by atoms with Crippen LogP contribution in [0.2, 0.25) is 0 Å². The lowest BCUT2D eigenvalue weighted by Gasteiger charge is -2.27. The van der Waals surface area contributed by atoms with Crippen LogP contribution in [0, 0.1) is 0 Å². The molecule has 0 bridgehead atoms. The van der Waals surface area contributed by atoms with Crippen molar-refractivity contribution >= 4 is 17.3 Å². The summed E-state index contributed by atoms with van der Waals surface area (Å²) in [5, 5.41) is 0. The van der Waals surface area contributed by atoms with E-state index in [2.05, 4.69) is 26.0 Å². The van der Waals surface area contributed by atoms with E-state index in [4.69, 9.17) is 0 Å². The van der Waals surface area contributed by atoms with Crippen LogP contribution in [0.5, 0.6) is 0 Å². The van der Waals surface area contributed by atoms with E-state index in [-0.39, 0.29) is 12.2 Å². The van der Waals surface area contributed by atoms with Gasteiger partial charge in [-0.3, -0.25) is 4.84 Å². The van der Waals surface area contributed by atoms with E-state index in [1.165, 1.54) is 18.2 Å². The molecule has 23 heavy (non-hydrogen) atoms. The molecule has 1 heterocycles. The largest absolute Gasteiger partial charge is 0.479 e. The Balaban J connectivity index is 2.13. The molecule has 0 fully saturated rings. The predicted molar refractivity (Wildman–Crippen MR) is 71.5 cm³/mol. The average molecular weight is 338 g/mol. The highest BCUT2D eigenvalue weighted by atomic mass is 19.4. The highest BCUT2D eigenvalue weighted by molar-refractivity contribution is 5.92. The van der Waals surface area contributed by atoms with Crippen molar-refractivity contribution in [2.75, 3.05) is 17.5 Å². The zero-order valence-corrected chi connectivity index (χ0v) is 11.9. The van der Waals surface area contributed by atoms with Crippen molar-refractivity contribution in [2.24, 2.45) is 0 Å². The van der Waals surface area contributed by atoms with Crippen molar-refractivity contribution in [1.29, 1.82) is 0 Å². The standard InChI is InChI=1S/C12H14F4N4O3/c1-2-5-22-19-12(16,11(13,14)15)23-10(21)7-3-4-8-9(6-7)18-20-17-8/h3-4,6,17-20H,2,5H2,1H3. The van der Waals surface area contributed by atoms with Gasteiger partial charge in [0, 0.05) is 0 Å². The van der Waals surface area contributed by atoms with Gasteiger partial charge in [-0.2, -0.15) is 17.6 Å². The topological polar surface area (TPSA) is 83.7 Å². The number of halogens is 4. The Hall–Kier alpha value is -2.11. The van der Waals surface area contributed by atoms with Gasteiger partial charge in [0.1, 0.15) is 0 Å². The van der Waals surface area contributed by atoms with E-state index in [9.17, 15) is 22.4 Å². The van der Waals surface area contributed by atoms with Crippen molar-refractivity contribution in [3.8, 4) is 0 Å². The molecule has 1 aromatic carbocycles. The minimum absolute atomic E-state index is 0.195. The van der Waals surface area contributed by atoms with E-state index >= 15 is 0 Å². The quantitative estimate of drug-likeness (QED) is 0.158. The molecule has 1 aliphatic heterocycles. The summed E-state index contributed by atoms with van der Waals surface area (Å²) in [6.07, 6.45) is -5.18. The van der Waals surface area contributed by atoms with Gasteiger partial charge in [-0.25, -0.2) is 4.79 Å². The highest BCUT2D eigenvalue weighted by Gasteiger charge is 2.61. The summed E-state index contributed by atoms with van der Waals surface area (Å²) >= 11 is 0. The zero-order valence-electron chi connectivity index (χ0n) is 11.9. The van der Waals surface area contributed by atoms with Crippen molar-refractivity contribution in [2.45, 2.75) is 25.5 Å². The van der Waals surface area contributed by atoms with Crippen LogP contribution in [0.4, 0.5) is 28.9 Å². The van der Waals surface area contributed by atoms with Gasteiger partial charge in [0.2, 0.25) is 0 Å². The number of anilines is 2. The summed E-state index contributed by atoms with van der Waals surface area (Å²) in [6.45, 7) is 1.42. The number of ether oxygens (including phenoxy) is 1. The summed E-state index contributed by atoms with van der Waals surface area (Å²) in [5.74, 6) is -5.96. The predicted octanol–water partition coefficient (Wildman–Crippen LogP) is 2.22. The number of benzene rings is 1. The van der Waals surface area contributed by atoms with Crippen molar-refractivity contribution < 1.29 is 31.9 Å². The summed E-state index contributed by atoms with van der Waals surface area (Å²) in [7, 11) is 0. The molecule has 2 rings (SSSR count). The van der Waals surface area contributed by atoms with Crippen LogP contribution in [0.3, 0.4) is 0 Å². The molecule has 1 atom stereocenters. The molecule has 0 aromatic heterocycles. The molecule has 0 saturated heterocycles. The highest BCUT2D eigenvalue weighted by Crippen LogP contribution is 2.34. The van der Waals surface area contributed by atoms with Gasteiger partial charge in [0.15, 0.2) is 0 Å². The molecule has 1 aliphatic rings. The molecule has 1 aromatic rings. The number of nitrogens with one attached hydrogen (secondary N) is 4. The molecule has 128 valence electrons. The van der Waals surface area contributed by atoms with E-state index in [1.54, 1.807) is 6.92 Å². The number of hydrogen-bond donors (Lipinski definition) is 4. The summed E-state index contributed by atoms with van der Waals surface area (Å²) in [5.41, 5.74) is 9.60. The number of hydroxylamine groups is 1. The second-order valence-electron chi connectivity index (χ2n) is 4.57. The fraction of sp³-hybridized carbons (Fsp3) is 0.417. The fourth-order valence-corrected chi connectivity index (χ4v) is 1.62. The van der Waals surface area contributed by atoms with Crippen molar-refractivity contribution in [3.05, 3.63) is 23.8 Å². The van der Waals surface area contributed by atoms with E-state index < -0.39 is 18.1 Å². The van der Waals surface area contributed by atoms with Crippen LogP contribution in [0.15, 0.2) is 18.2 Å². The number of fused-ring (bicyclic) bond motifs is 1. The second kappa shape index (κ2) is 6.56. The van der Waals surface area contributed by atoms with E-state index in [0.29, 0.717) is 17.8 Å². The van der Waals surface area contributed by atoms with Crippen LogP contribution in [0.1, 0.15) is 23.7 Å². The molecule has 0 saturated carbocycles. The zero-order chi connectivity index (χ0) is 17.1. The number of carbonyl (C=O) groups excluding carboxylic acids is 1. The lowest BCUT2D eigenvalue weighted by molar-refractivity contribution is -0.358. The first-order chi connectivity index (χ1) is 10.8. The Bertz CT molecular complexity index is 584. The maximum atomic E-state index is 14.0. The minimum Gasteiger partial charge on any atom is -0.402 e. The number of esters is 1. The summed E-state index contributed by atoms with van der Waals surface area (Å²) in [6, 6.07) is 3.80. The molecule has 11 heteroatoms. The van der Waals surface area contributed by atoms with Crippen molar-refractivity contribution in [1.82, 2.24) is 11.0 Å². The monoisotopic (exact) mass is 338 g/mol. The lowest BCUT2D eigenvalue weighted by atomic mass is 10.2. The number of hydrogen-bond acceptors (Lipinski definition) is 7. The Morgan fingerprint density at radius 3 is 2.57 bits per heavy atom. The number of hydrazine groups is 2. The third-order valence-corrected chi connectivity index (χ3v) is 2.76. The van der Waals surface area contributed by atoms with Crippen LogP contribution in [0.25, 0.3) is 0 Å². The lowest BCUT2D eigenvalue weighted by Crippen LogP contribution is -2.56. The maximum absolute atomic E-state index is 14.0. The molecule has 0 aliphatic carbocycles. The number of carbonyl (C=O) groups is 1. The van der Waals surface area contributed by atoms with Gasteiger partial charge in [-0.15, -0.1) is 11.0 Å². The SMILES string of the molecule is CCCONC(F)(OC(=O)c1ccc2c(c1)NNN2)C(F)(F)F. The molecule has 7 nitrogen and oxygen atoms in total. The first-order valence-electron chi connectivity index (χ1n) is 6.56. The van der Waals surface area contributed by atoms with Gasteiger partial charge in [-0.05, 0) is 24.6 Å². The number of rotatable bonds is 6. The third kappa shape index (κ3) is 3.81. The third-order valence-electron chi connectivity index (χ3n) is 2.76. The average Bonchev–Trinajstić information content (AvgIpc) is 2.93. The number of alkyl halides is 4. The van der Waals surface area contributed by atoms with Crippen LogP contribution in [-0.4, -0.2) is 24.7 Å². The molecule has 0 radical (unpaired) electrons. The molecule has 0 spiro atoms. The normalized spacial score (nSPS) is 16.0. The van der Waals surface area contributed by atoms with E-state index in [0.717, 1.165) is 5.48 Å². The van der Waals surface area contributed by atoms with Gasteiger partial charge < -0.3 is 15.6 Å². The second-order valence-corrected chi connectivity index (χ2v) is 4.57. The molecular formula is C12H14F4N4O3. The Morgan fingerprint density at radius 1 is 1.22 bits per heavy atom. The van der Waals surface area contributed by atoms with Gasteiger partial charge in [-0.1, -0.05) is 6.92 Å². The minimum atomic E-state index is -5.52. The maximum Gasteiger partial charge on any atom is 0.479 e. The molecule has 1 unspecified atom stereocenters. The Kier molecular flexibility index (Phi) is 4.92. The van der Waals surface area contributed by atoms with Crippen LogP contribution >= 0.6 is 0 Å². The summed E-state index contributed by atoms with van der Waals surface area (Å²) in [4.78, 5) is 16.1. The van der Waals surface area contributed by atoms with Gasteiger partial charge in [0.25, 0.3) is 0 Å². The first kappa shape index (κ1) is 17.2. The molecule has 4 N–H and O–H groups in total. The molecular weight excluding hydrogens is 324 g/mol. The van der Waals surface area contributed by atoms with Crippen LogP contribution < -0.4 is 21.9 Å². The van der Waals surface area contributed by atoms with Crippen molar-refractivity contribution in [3.63, 3.8) is 0 Å². The Labute approximate surface area is 128 Å². The first-order valence-corrected chi connectivity index (χ1v) is 6.56. The van der Waals surface area contributed by atoms with E-state index in [1.807, 2.05) is 0 Å². The Morgan fingerprint density at radius 2 is 1.91 bits per heavy atom. The smallest absolute Gasteiger partial charge is 0.402 e.